The van der Waals surface area contributed by atoms with Gasteiger partial charge in [-0.05, 0) is 47.5 Å². The highest BCUT2D eigenvalue weighted by atomic mass is 16.5. The number of aromatic nitrogens is 3. The van der Waals surface area contributed by atoms with Crippen molar-refractivity contribution in [3.05, 3.63) is 151 Å². The molecule has 0 radical (unpaired) electrons. The number of fused-ring (bicyclic) bond motifs is 6. The summed E-state index contributed by atoms with van der Waals surface area (Å²) in [5.41, 5.74) is 7.94. The molecular weight excluding hydrogens is 542 g/mol. The van der Waals surface area contributed by atoms with Gasteiger partial charge in [-0.2, -0.15) is 0 Å². The van der Waals surface area contributed by atoms with E-state index in [1.165, 1.54) is 5.56 Å². The molecule has 5 aromatic carbocycles. The molecule has 2 atom stereocenters. The quantitative estimate of drug-likeness (QED) is 0.212. The first-order valence-electron chi connectivity index (χ1n) is 14.8. The lowest BCUT2D eigenvalue weighted by Crippen LogP contribution is -2.20. The molecule has 1 aliphatic heterocycles. The maximum absolute atomic E-state index is 6.45. The molecule has 0 bridgehead atoms. The largest absolute Gasteiger partial charge is 0.485 e. The fraction of sp³-hybridized carbons (Fsp3) is 0.0513. The van der Waals surface area contributed by atoms with Crippen LogP contribution in [0.2, 0.25) is 0 Å². The van der Waals surface area contributed by atoms with Crippen LogP contribution in [0, 0.1) is 0 Å². The van der Waals surface area contributed by atoms with Crippen LogP contribution in [0.3, 0.4) is 0 Å². The number of ether oxygens (including phenoxy) is 1. The smallest absolute Gasteiger partial charge is 0.164 e. The minimum atomic E-state index is -0.136. The maximum atomic E-state index is 6.45. The minimum Gasteiger partial charge on any atom is -0.485 e. The van der Waals surface area contributed by atoms with Crippen molar-refractivity contribution >= 4 is 27.5 Å². The number of benzene rings is 5. The molecule has 7 aromatic rings. The highest BCUT2D eigenvalue weighted by molar-refractivity contribution is 6.05. The van der Waals surface area contributed by atoms with Crippen LogP contribution in [0.25, 0.3) is 61.4 Å². The molecule has 44 heavy (non-hydrogen) atoms. The molecule has 3 heterocycles. The predicted octanol–water partition coefficient (Wildman–Crippen LogP) is 9.27. The van der Waals surface area contributed by atoms with E-state index in [2.05, 4.69) is 72.8 Å². The first-order valence-corrected chi connectivity index (χ1v) is 14.8. The number of rotatable bonds is 4. The van der Waals surface area contributed by atoms with Crippen LogP contribution in [-0.2, 0) is 0 Å². The molecule has 0 amide bonds. The van der Waals surface area contributed by atoms with E-state index >= 15 is 0 Å². The van der Waals surface area contributed by atoms with E-state index in [0.717, 1.165) is 55.5 Å². The van der Waals surface area contributed by atoms with Crippen LogP contribution in [0.15, 0.2) is 144 Å². The van der Waals surface area contributed by atoms with Crippen molar-refractivity contribution in [2.24, 2.45) is 0 Å². The van der Waals surface area contributed by atoms with E-state index in [1.54, 1.807) is 0 Å². The van der Waals surface area contributed by atoms with Gasteiger partial charge in [0.1, 0.15) is 23.0 Å². The molecular formula is C39H25N3O2. The third-order valence-electron chi connectivity index (χ3n) is 8.52. The molecule has 0 saturated carbocycles. The van der Waals surface area contributed by atoms with Gasteiger partial charge < -0.3 is 9.15 Å². The van der Waals surface area contributed by atoms with Crippen LogP contribution in [-0.4, -0.2) is 21.1 Å². The van der Waals surface area contributed by atoms with E-state index < -0.39 is 0 Å². The second-order valence-electron chi connectivity index (χ2n) is 11.2. The SMILES string of the molecule is C1=CC2Oc3ccc(-c4ccccc4)cc3C2C(c2nc(-c3ccccc3)nc(-c3ccc4c(c3)oc3ccccc34)n2)=C1. The topological polar surface area (TPSA) is 61.0 Å². The number of hydrogen-bond acceptors (Lipinski definition) is 5. The van der Waals surface area contributed by atoms with Gasteiger partial charge in [-0.3, -0.25) is 0 Å². The summed E-state index contributed by atoms with van der Waals surface area (Å²) >= 11 is 0. The number of hydrogen-bond donors (Lipinski definition) is 0. The first-order chi connectivity index (χ1) is 21.8. The zero-order valence-corrected chi connectivity index (χ0v) is 23.6. The summed E-state index contributed by atoms with van der Waals surface area (Å²) in [6.07, 6.45) is 6.15. The van der Waals surface area contributed by atoms with Crippen molar-refractivity contribution in [2.45, 2.75) is 12.0 Å². The fourth-order valence-electron chi connectivity index (χ4n) is 6.40. The molecule has 0 spiro atoms. The van der Waals surface area contributed by atoms with Crippen molar-refractivity contribution in [3.63, 3.8) is 0 Å². The summed E-state index contributed by atoms with van der Waals surface area (Å²) < 4.78 is 12.7. The lowest BCUT2D eigenvalue weighted by atomic mass is 9.83. The van der Waals surface area contributed by atoms with Crippen molar-refractivity contribution in [3.8, 4) is 39.7 Å². The standard InChI is InChI=1S/C39H25N3O2/c1-3-10-24(11-4-1)26-19-21-33-31(22-26)36-30(15-9-17-34(36)43-33)39-41-37(25-12-5-2-6-13-25)40-38(42-39)27-18-20-29-28-14-7-8-16-32(28)44-35(29)23-27/h1-23,34,36H. The van der Waals surface area contributed by atoms with Crippen LogP contribution < -0.4 is 4.74 Å². The molecule has 1 aliphatic carbocycles. The normalized spacial score (nSPS) is 16.9. The van der Waals surface area contributed by atoms with Crippen LogP contribution in [0.1, 0.15) is 17.3 Å². The van der Waals surface area contributed by atoms with Gasteiger partial charge in [0, 0.05) is 33.0 Å². The van der Waals surface area contributed by atoms with Gasteiger partial charge in [0.05, 0.1) is 5.92 Å². The molecule has 0 N–H and O–H groups in total. The number of para-hydroxylation sites is 1. The van der Waals surface area contributed by atoms with Crippen LogP contribution in [0.4, 0.5) is 0 Å². The van der Waals surface area contributed by atoms with Crippen molar-refractivity contribution < 1.29 is 9.15 Å². The highest BCUT2D eigenvalue weighted by Gasteiger charge is 2.38. The second kappa shape index (κ2) is 9.89. The summed E-state index contributed by atoms with van der Waals surface area (Å²) in [6, 6.07) is 41.2. The Morgan fingerprint density at radius 1 is 0.523 bits per heavy atom. The molecule has 0 saturated heterocycles. The molecule has 5 nitrogen and oxygen atoms in total. The summed E-state index contributed by atoms with van der Waals surface area (Å²) in [5, 5.41) is 2.16. The molecule has 208 valence electrons. The van der Waals surface area contributed by atoms with Gasteiger partial charge in [0.2, 0.25) is 0 Å². The number of allylic oxidation sites excluding steroid dienone is 2. The van der Waals surface area contributed by atoms with Crippen LogP contribution >= 0.6 is 0 Å². The Labute approximate surface area is 253 Å². The molecule has 5 heteroatoms. The maximum Gasteiger partial charge on any atom is 0.164 e. The molecule has 2 aromatic heterocycles. The van der Waals surface area contributed by atoms with E-state index in [0.29, 0.717) is 17.5 Å². The Kier molecular flexibility index (Phi) is 5.56. The number of nitrogens with zero attached hydrogens (tertiary/aromatic N) is 3. The van der Waals surface area contributed by atoms with Gasteiger partial charge in [0.15, 0.2) is 17.5 Å². The average molecular weight is 568 g/mol. The molecule has 2 unspecified atom stereocenters. The first kappa shape index (κ1) is 24.8. The summed E-state index contributed by atoms with van der Waals surface area (Å²) in [7, 11) is 0. The summed E-state index contributed by atoms with van der Waals surface area (Å²) in [6.45, 7) is 0. The Morgan fingerprint density at radius 2 is 1.20 bits per heavy atom. The van der Waals surface area contributed by atoms with Crippen LogP contribution in [0.5, 0.6) is 5.75 Å². The summed E-state index contributed by atoms with van der Waals surface area (Å²) in [4.78, 5) is 15.1. The van der Waals surface area contributed by atoms with Crippen molar-refractivity contribution in [1.29, 1.82) is 0 Å². The monoisotopic (exact) mass is 567 g/mol. The van der Waals surface area contributed by atoms with E-state index in [4.69, 9.17) is 24.1 Å². The third-order valence-corrected chi connectivity index (χ3v) is 8.52. The Hall–Kier alpha value is -5.81. The Balaban J connectivity index is 1.20. The minimum absolute atomic E-state index is 0.0459. The zero-order chi connectivity index (χ0) is 29.0. The van der Waals surface area contributed by atoms with Gasteiger partial charge in [-0.1, -0.05) is 103 Å². The predicted molar refractivity (Wildman–Crippen MR) is 174 cm³/mol. The zero-order valence-electron chi connectivity index (χ0n) is 23.6. The molecule has 0 fully saturated rings. The van der Waals surface area contributed by atoms with Crippen molar-refractivity contribution in [1.82, 2.24) is 15.0 Å². The van der Waals surface area contributed by atoms with Gasteiger partial charge in [-0.15, -0.1) is 0 Å². The highest BCUT2D eigenvalue weighted by Crippen LogP contribution is 2.48. The average Bonchev–Trinajstić information content (AvgIpc) is 3.66. The van der Waals surface area contributed by atoms with E-state index in [1.807, 2.05) is 66.7 Å². The van der Waals surface area contributed by atoms with Crippen molar-refractivity contribution in [2.75, 3.05) is 0 Å². The van der Waals surface area contributed by atoms with Gasteiger partial charge in [-0.25, -0.2) is 15.0 Å². The third kappa shape index (κ3) is 4.05. The lowest BCUT2D eigenvalue weighted by molar-refractivity contribution is 0.271. The van der Waals surface area contributed by atoms with Gasteiger partial charge in [0.25, 0.3) is 0 Å². The van der Waals surface area contributed by atoms with Gasteiger partial charge >= 0.3 is 0 Å². The van der Waals surface area contributed by atoms with E-state index in [-0.39, 0.29) is 12.0 Å². The Bertz CT molecular complexity index is 2270. The second-order valence-corrected chi connectivity index (χ2v) is 11.2. The number of furan rings is 1. The molecule has 2 aliphatic rings. The lowest BCUT2D eigenvalue weighted by Gasteiger charge is -2.22. The van der Waals surface area contributed by atoms with E-state index in [9.17, 15) is 0 Å². The summed E-state index contributed by atoms with van der Waals surface area (Å²) in [5.74, 6) is 2.71. The Morgan fingerprint density at radius 3 is 2.05 bits per heavy atom. The fourth-order valence-corrected chi connectivity index (χ4v) is 6.40. The molecule has 9 rings (SSSR count).